The van der Waals surface area contributed by atoms with Crippen LogP contribution in [0.2, 0.25) is 0 Å². The van der Waals surface area contributed by atoms with E-state index >= 15 is 0 Å². The molecule has 3 aromatic rings. The van der Waals surface area contributed by atoms with Crippen LogP contribution in [-0.2, 0) is 26.2 Å². The van der Waals surface area contributed by atoms with E-state index in [-0.39, 0.29) is 17.3 Å². The molecule has 0 aliphatic carbocycles. The lowest BCUT2D eigenvalue weighted by Gasteiger charge is -2.34. The van der Waals surface area contributed by atoms with Gasteiger partial charge in [0.1, 0.15) is 24.1 Å². The van der Waals surface area contributed by atoms with Crippen molar-refractivity contribution in [3.05, 3.63) is 83.9 Å². The predicted octanol–water partition coefficient (Wildman–Crippen LogP) is 5.32. The highest BCUT2D eigenvalue weighted by Gasteiger charge is 2.34. The number of amides is 2. The van der Waals surface area contributed by atoms with Gasteiger partial charge < -0.3 is 19.7 Å². The van der Waals surface area contributed by atoms with E-state index in [0.717, 1.165) is 15.4 Å². The fraction of sp³-hybridized carbons (Fsp3) is 0.394. The summed E-state index contributed by atoms with van der Waals surface area (Å²) in [5, 5.41) is 2.98. The quantitative estimate of drug-likeness (QED) is 0.281. The first kappa shape index (κ1) is 33.5. The Labute approximate surface area is 255 Å². The standard InChI is InChI=1S/C33H43N3O6S/c1-8-30(32(38)34-33(4,5)6)35(22-25-11-10-12-28(21-25)41-7)31(37)23-36(26-15-17-27(18-16-26)42-9-2)43(39,40)29-19-13-24(3)14-20-29/h10-21,30H,8-9,22-23H2,1-7H3,(H,34,38)/t30-/m1/s1. The van der Waals surface area contributed by atoms with Crippen LogP contribution >= 0.6 is 0 Å². The second-order valence-electron chi connectivity index (χ2n) is 11.3. The van der Waals surface area contributed by atoms with E-state index in [1.807, 2.05) is 47.6 Å². The number of benzene rings is 3. The van der Waals surface area contributed by atoms with Gasteiger partial charge in [0, 0.05) is 12.1 Å². The first-order valence-electron chi connectivity index (χ1n) is 14.4. The van der Waals surface area contributed by atoms with Crippen molar-refractivity contribution >= 4 is 27.5 Å². The van der Waals surface area contributed by atoms with E-state index in [2.05, 4.69) is 5.32 Å². The smallest absolute Gasteiger partial charge is 0.264 e. The van der Waals surface area contributed by atoms with Crippen LogP contribution in [0.3, 0.4) is 0 Å². The Morgan fingerprint density at radius 1 is 0.930 bits per heavy atom. The molecule has 0 saturated heterocycles. The normalized spacial score (nSPS) is 12.3. The van der Waals surface area contributed by atoms with Crippen molar-refractivity contribution in [3.8, 4) is 11.5 Å². The van der Waals surface area contributed by atoms with Crippen LogP contribution in [0.4, 0.5) is 5.69 Å². The number of carbonyl (C=O) groups is 2. The Balaban J connectivity index is 2.08. The lowest BCUT2D eigenvalue weighted by atomic mass is 10.1. The molecule has 0 radical (unpaired) electrons. The number of methoxy groups -OCH3 is 1. The summed E-state index contributed by atoms with van der Waals surface area (Å²) in [6.07, 6.45) is 0.325. The maximum absolute atomic E-state index is 14.2. The molecule has 10 heteroatoms. The van der Waals surface area contributed by atoms with Gasteiger partial charge in [-0.1, -0.05) is 36.8 Å². The summed E-state index contributed by atoms with van der Waals surface area (Å²) in [5.74, 6) is 0.341. The van der Waals surface area contributed by atoms with Crippen LogP contribution in [0.1, 0.15) is 52.2 Å². The van der Waals surface area contributed by atoms with Gasteiger partial charge in [-0.3, -0.25) is 13.9 Å². The van der Waals surface area contributed by atoms with E-state index in [4.69, 9.17) is 9.47 Å². The average molecular weight is 610 g/mol. The minimum Gasteiger partial charge on any atom is -0.497 e. The largest absolute Gasteiger partial charge is 0.497 e. The van der Waals surface area contributed by atoms with Crippen molar-refractivity contribution < 1.29 is 27.5 Å². The van der Waals surface area contributed by atoms with Crippen molar-refractivity contribution in [3.63, 3.8) is 0 Å². The zero-order valence-electron chi connectivity index (χ0n) is 26.1. The Morgan fingerprint density at radius 3 is 2.14 bits per heavy atom. The zero-order chi connectivity index (χ0) is 31.8. The van der Waals surface area contributed by atoms with Gasteiger partial charge in [-0.05, 0) is 95.1 Å². The summed E-state index contributed by atoms with van der Waals surface area (Å²) < 4.78 is 40.1. The summed E-state index contributed by atoms with van der Waals surface area (Å²) in [6.45, 7) is 11.2. The first-order valence-corrected chi connectivity index (χ1v) is 15.8. The van der Waals surface area contributed by atoms with Crippen molar-refractivity contribution in [2.75, 3.05) is 24.6 Å². The van der Waals surface area contributed by atoms with Gasteiger partial charge in [-0.25, -0.2) is 8.42 Å². The SMILES string of the molecule is CCOc1ccc(N(CC(=O)N(Cc2cccc(OC)c2)[C@H](CC)C(=O)NC(C)(C)C)S(=O)(=O)c2ccc(C)cc2)cc1. The van der Waals surface area contributed by atoms with Crippen LogP contribution in [0.5, 0.6) is 11.5 Å². The van der Waals surface area contributed by atoms with Crippen LogP contribution in [0, 0.1) is 6.92 Å². The van der Waals surface area contributed by atoms with E-state index < -0.39 is 34.1 Å². The molecule has 0 aliphatic rings. The number of nitrogens with one attached hydrogen (secondary N) is 1. The van der Waals surface area contributed by atoms with Crippen molar-refractivity contribution in [1.82, 2.24) is 10.2 Å². The van der Waals surface area contributed by atoms with Gasteiger partial charge in [-0.15, -0.1) is 0 Å². The molecule has 0 unspecified atom stereocenters. The number of hydrogen-bond donors (Lipinski definition) is 1. The van der Waals surface area contributed by atoms with Crippen molar-refractivity contribution in [1.29, 1.82) is 0 Å². The summed E-state index contributed by atoms with van der Waals surface area (Å²) in [7, 11) is -2.61. The van der Waals surface area contributed by atoms with E-state index in [9.17, 15) is 18.0 Å². The molecule has 0 aromatic heterocycles. The van der Waals surface area contributed by atoms with Crippen LogP contribution in [0.25, 0.3) is 0 Å². The van der Waals surface area contributed by atoms with Crippen molar-refractivity contribution in [2.24, 2.45) is 0 Å². The van der Waals surface area contributed by atoms with Gasteiger partial charge in [0.15, 0.2) is 0 Å². The molecule has 0 heterocycles. The molecular formula is C33H43N3O6S. The Kier molecular flexibility index (Phi) is 11.2. The molecule has 0 spiro atoms. The Morgan fingerprint density at radius 2 is 1.58 bits per heavy atom. The number of rotatable bonds is 13. The Bertz CT molecular complexity index is 1480. The summed E-state index contributed by atoms with van der Waals surface area (Å²) in [5.41, 5.74) is 1.41. The number of carbonyl (C=O) groups excluding carboxylic acids is 2. The number of hydrogen-bond acceptors (Lipinski definition) is 6. The molecule has 9 nitrogen and oxygen atoms in total. The van der Waals surface area contributed by atoms with Crippen LogP contribution in [0.15, 0.2) is 77.7 Å². The maximum atomic E-state index is 14.2. The molecular weight excluding hydrogens is 566 g/mol. The fourth-order valence-electron chi connectivity index (χ4n) is 4.58. The lowest BCUT2D eigenvalue weighted by molar-refractivity contribution is -0.141. The molecule has 2 amide bonds. The number of ether oxygens (including phenoxy) is 2. The topological polar surface area (TPSA) is 105 Å². The van der Waals surface area contributed by atoms with Gasteiger partial charge >= 0.3 is 0 Å². The molecule has 0 fully saturated rings. The molecule has 0 saturated carbocycles. The van der Waals surface area contributed by atoms with E-state index in [0.29, 0.717) is 30.2 Å². The molecule has 43 heavy (non-hydrogen) atoms. The van der Waals surface area contributed by atoms with Gasteiger partial charge in [-0.2, -0.15) is 0 Å². The highest BCUT2D eigenvalue weighted by Crippen LogP contribution is 2.27. The van der Waals surface area contributed by atoms with Crippen LogP contribution in [-0.4, -0.2) is 57.0 Å². The average Bonchev–Trinajstić information content (AvgIpc) is 2.95. The molecule has 232 valence electrons. The zero-order valence-corrected chi connectivity index (χ0v) is 26.9. The Hall–Kier alpha value is -4.05. The predicted molar refractivity (Wildman–Crippen MR) is 169 cm³/mol. The third-order valence-electron chi connectivity index (χ3n) is 6.69. The highest BCUT2D eigenvalue weighted by molar-refractivity contribution is 7.92. The molecule has 0 bridgehead atoms. The summed E-state index contributed by atoms with van der Waals surface area (Å²) in [4.78, 5) is 29.2. The fourth-order valence-corrected chi connectivity index (χ4v) is 6.00. The van der Waals surface area contributed by atoms with Gasteiger partial charge in [0.05, 0.1) is 24.3 Å². The number of sulfonamides is 1. The van der Waals surface area contributed by atoms with E-state index in [1.54, 1.807) is 61.7 Å². The lowest BCUT2D eigenvalue weighted by Crippen LogP contribution is -2.55. The molecule has 3 rings (SSSR count). The minimum atomic E-state index is -4.17. The number of aryl methyl sites for hydroxylation is 1. The second kappa shape index (κ2) is 14.4. The van der Waals surface area contributed by atoms with Gasteiger partial charge in [0.2, 0.25) is 11.8 Å². The summed E-state index contributed by atoms with van der Waals surface area (Å²) >= 11 is 0. The highest BCUT2D eigenvalue weighted by atomic mass is 32.2. The molecule has 1 N–H and O–H groups in total. The number of anilines is 1. The third-order valence-corrected chi connectivity index (χ3v) is 8.48. The molecule has 3 aromatic carbocycles. The first-order chi connectivity index (χ1) is 20.3. The van der Waals surface area contributed by atoms with Crippen LogP contribution < -0.4 is 19.1 Å². The number of nitrogens with zero attached hydrogens (tertiary/aromatic N) is 2. The van der Waals surface area contributed by atoms with Gasteiger partial charge in [0.25, 0.3) is 10.0 Å². The summed E-state index contributed by atoms with van der Waals surface area (Å²) in [6, 6.07) is 19.4. The molecule has 1 atom stereocenters. The third kappa shape index (κ3) is 8.97. The molecule has 0 aliphatic heterocycles. The second-order valence-corrected chi connectivity index (χ2v) is 13.2. The van der Waals surface area contributed by atoms with Crippen molar-refractivity contribution in [2.45, 2.75) is 71.0 Å². The minimum absolute atomic E-state index is 0.0525. The maximum Gasteiger partial charge on any atom is 0.264 e. The van der Waals surface area contributed by atoms with E-state index in [1.165, 1.54) is 17.0 Å². The monoisotopic (exact) mass is 609 g/mol.